The minimum Gasteiger partial charge on any atom is -0.459 e. The molecule has 3 aromatic rings. The molecule has 0 aromatic heterocycles. The normalized spacial score (nSPS) is 11.5. The molecular formula is C23H20FNO3. The summed E-state index contributed by atoms with van der Waals surface area (Å²) in [5, 5.41) is 2.74. The zero-order valence-corrected chi connectivity index (χ0v) is 15.2. The van der Waals surface area contributed by atoms with E-state index in [1.807, 2.05) is 36.4 Å². The predicted molar refractivity (Wildman–Crippen MR) is 104 cm³/mol. The van der Waals surface area contributed by atoms with Crippen LogP contribution in [0.5, 0.6) is 0 Å². The second-order valence-electron chi connectivity index (χ2n) is 6.32. The first kappa shape index (κ1) is 19.3. The van der Waals surface area contributed by atoms with Gasteiger partial charge in [-0.25, -0.2) is 9.18 Å². The third kappa shape index (κ3) is 5.51. The fraction of sp³-hybridized carbons (Fsp3) is 0.130. The number of hydrogen-bond acceptors (Lipinski definition) is 3. The summed E-state index contributed by atoms with van der Waals surface area (Å²) in [4.78, 5) is 25.1. The second kappa shape index (κ2) is 9.46. The van der Waals surface area contributed by atoms with Crippen LogP contribution in [0.2, 0.25) is 0 Å². The number of amides is 1. The number of nitrogens with one attached hydrogen (secondary N) is 1. The van der Waals surface area contributed by atoms with Crippen LogP contribution >= 0.6 is 0 Å². The Bertz CT molecular complexity index is 929. The Labute approximate surface area is 163 Å². The molecule has 0 aliphatic carbocycles. The van der Waals surface area contributed by atoms with Gasteiger partial charge in [-0.2, -0.15) is 0 Å². The standard InChI is InChI=1S/C23H20FNO3/c24-20-13-7-10-18(14-20)16-28-23(27)21(15-17-8-3-1-4-9-17)25-22(26)19-11-5-2-6-12-19/h1-14,21H,15-16H2,(H,25,26). The Hall–Kier alpha value is -3.47. The van der Waals surface area contributed by atoms with Crippen molar-refractivity contribution in [2.45, 2.75) is 19.1 Å². The van der Waals surface area contributed by atoms with Gasteiger partial charge in [-0.3, -0.25) is 4.79 Å². The first-order chi connectivity index (χ1) is 13.6. The van der Waals surface area contributed by atoms with E-state index in [0.29, 0.717) is 17.5 Å². The molecule has 0 spiro atoms. The lowest BCUT2D eigenvalue weighted by Gasteiger charge is -2.18. The van der Waals surface area contributed by atoms with E-state index < -0.39 is 17.8 Å². The van der Waals surface area contributed by atoms with Crippen LogP contribution in [-0.4, -0.2) is 17.9 Å². The van der Waals surface area contributed by atoms with E-state index in [-0.39, 0.29) is 12.5 Å². The van der Waals surface area contributed by atoms with Crippen molar-refractivity contribution < 1.29 is 18.7 Å². The van der Waals surface area contributed by atoms with Gasteiger partial charge in [0.1, 0.15) is 18.5 Å². The van der Waals surface area contributed by atoms with Crippen molar-refractivity contribution >= 4 is 11.9 Å². The largest absolute Gasteiger partial charge is 0.459 e. The molecule has 0 heterocycles. The van der Waals surface area contributed by atoms with E-state index in [1.54, 1.807) is 36.4 Å². The molecule has 5 heteroatoms. The lowest BCUT2D eigenvalue weighted by atomic mass is 10.1. The molecule has 1 N–H and O–H groups in total. The molecule has 0 aliphatic heterocycles. The van der Waals surface area contributed by atoms with Gasteiger partial charge in [-0.15, -0.1) is 0 Å². The molecular weight excluding hydrogens is 357 g/mol. The van der Waals surface area contributed by atoms with Crippen LogP contribution in [0.4, 0.5) is 4.39 Å². The van der Waals surface area contributed by atoms with E-state index in [0.717, 1.165) is 5.56 Å². The number of halogens is 1. The molecule has 1 unspecified atom stereocenters. The average molecular weight is 377 g/mol. The highest BCUT2D eigenvalue weighted by atomic mass is 19.1. The summed E-state index contributed by atoms with van der Waals surface area (Å²) in [7, 11) is 0. The van der Waals surface area contributed by atoms with Crippen molar-refractivity contribution in [1.82, 2.24) is 5.32 Å². The summed E-state index contributed by atoms with van der Waals surface area (Å²) in [6.07, 6.45) is 0.293. The summed E-state index contributed by atoms with van der Waals surface area (Å²) in [6.45, 7) is -0.0664. The van der Waals surface area contributed by atoms with Crippen LogP contribution in [-0.2, 0) is 22.6 Å². The lowest BCUT2D eigenvalue weighted by molar-refractivity contribution is -0.147. The average Bonchev–Trinajstić information content (AvgIpc) is 2.73. The summed E-state index contributed by atoms with van der Waals surface area (Å²) in [5.74, 6) is -1.33. The van der Waals surface area contributed by atoms with Gasteiger partial charge in [-0.1, -0.05) is 60.7 Å². The Balaban J connectivity index is 1.71. The molecule has 3 aromatic carbocycles. The van der Waals surface area contributed by atoms with E-state index in [2.05, 4.69) is 5.32 Å². The Morgan fingerprint density at radius 3 is 2.18 bits per heavy atom. The predicted octanol–water partition coefficient (Wildman–Crippen LogP) is 3.91. The van der Waals surface area contributed by atoms with Crippen LogP contribution in [0, 0.1) is 5.82 Å². The van der Waals surface area contributed by atoms with Crippen molar-refractivity contribution in [1.29, 1.82) is 0 Å². The van der Waals surface area contributed by atoms with Crippen LogP contribution in [0.3, 0.4) is 0 Å². The fourth-order valence-electron chi connectivity index (χ4n) is 2.76. The van der Waals surface area contributed by atoms with Gasteiger partial charge >= 0.3 is 5.97 Å². The topological polar surface area (TPSA) is 55.4 Å². The lowest BCUT2D eigenvalue weighted by Crippen LogP contribution is -2.43. The Kier molecular flexibility index (Phi) is 6.52. The third-order valence-corrected chi connectivity index (χ3v) is 4.18. The molecule has 0 fully saturated rings. The van der Waals surface area contributed by atoms with E-state index in [1.165, 1.54) is 12.1 Å². The minimum absolute atomic E-state index is 0.0664. The highest BCUT2D eigenvalue weighted by Gasteiger charge is 2.23. The highest BCUT2D eigenvalue weighted by molar-refractivity contribution is 5.96. The van der Waals surface area contributed by atoms with Crippen LogP contribution in [0.1, 0.15) is 21.5 Å². The Morgan fingerprint density at radius 1 is 0.857 bits per heavy atom. The summed E-state index contributed by atoms with van der Waals surface area (Å²) < 4.78 is 18.6. The molecule has 3 rings (SSSR count). The molecule has 1 amide bonds. The van der Waals surface area contributed by atoms with Gasteiger partial charge in [-0.05, 0) is 35.4 Å². The first-order valence-electron chi connectivity index (χ1n) is 8.93. The number of esters is 1. The quantitative estimate of drug-likeness (QED) is 0.635. The summed E-state index contributed by atoms with van der Waals surface area (Å²) in [6, 6.07) is 23.0. The van der Waals surface area contributed by atoms with Crippen molar-refractivity contribution in [3.63, 3.8) is 0 Å². The molecule has 1 atom stereocenters. The van der Waals surface area contributed by atoms with Gasteiger partial charge in [0.05, 0.1) is 0 Å². The molecule has 0 bridgehead atoms. The fourth-order valence-corrected chi connectivity index (χ4v) is 2.76. The van der Waals surface area contributed by atoms with Crippen LogP contribution in [0.25, 0.3) is 0 Å². The zero-order valence-electron chi connectivity index (χ0n) is 15.2. The number of ether oxygens (including phenoxy) is 1. The maximum absolute atomic E-state index is 13.3. The van der Waals surface area contributed by atoms with Crippen LogP contribution < -0.4 is 5.32 Å². The van der Waals surface area contributed by atoms with Gasteiger partial charge in [0.25, 0.3) is 5.91 Å². The molecule has 0 saturated heterocycles. The summed E-state index contributed by atoms with van der Waals surface area (Å²) >= 11 is 0. The first-order valence-corrected chi connectivity index (χ1v) is 8.93. The number of hydrogen-bond donors (Lipinski definition) is 1. The van der Waals surface area contributed by atoms with Gasteiger partial charge in [0, 0.05) is 12.0 Å². The molecule has 0 saturated carbocycles. The smallest absolute Gasteiger partial charge is 0.329 e. The van der Waals surface area contributed by atoms with Gasteiger partial charge < -0.3 is 10.1 Å². The maximum Gasteiger partial charge on any atom is 0.329 e. The molecule has 0 aliphatic rings. The summed E-state index contributed by atoms with van der Waals surface area (Å²) in [5.41, 5.74) is 1.89. The zero-order chi connectivity index (χ0) is 19.8. The maximum atomic E-state index is 13.3. The molecule has 4 nitrogen and oxygen atoms in total. The Morgan fingerprint density at radius 2 is 1.50 bits per heavy atom. The number of carbonyl (C=O) groups is 2. The van der Waals surface area contributed by atoms with E-state index in [4.69, 9.17) is 4.74 Å². The highest BCUT2D eigenvalue weighted by Crippen LogP contribution is 2.10. The minimum atomic E-state index is -0.858. The number of carbonyl (C=O) groups excluding carboxylic acids is 2. The molecule has 0 radical (unpaired) electrons. The van der Waals surface area contributed by atoms with Crippen molar-refractivity contribution in [2.24, 2.45) is 0 Å². The SMILES string of the molecule is O=C(NC(Cc1ccccc1)C(=O)OCc1cccc(F)c1)c1ccccc1. The van der Waals surface area contributed by atoms with Crippen molar-refractivity contribution in [3.8, 4) is 0 Å². The second-order valence-corrected chi connectivity index (χ2v) is 6.32. The van der Waals surface area contributed by atoms with E-state index in [9.17, 15) is 14.0 Å². The number of rotatable bonds is 7. The monoisotopic (exact) mass is 377 g/mol. The van der Waals surface area contributed by atoms with Gasteiger partial charge in [0.2, 0.25) is 0 Å². The van der Waals surface area contributed by atoms with Crippen molar-refractivity contribution in [2.75, 3.05) is 0 Å². The third-order valence-electron chi connectivity index (χ3n) is 4.18. The van der Waals surface area contributed by atoms with Gasteiger partial charge in [0.15, 0.2) is 0 Å². The van der Waals surface area contributed by atoms with E-state index >= 15 is 0 Å². The van der Waals surface area contributed by atoms with Crippen LogP contribution in [0.15, 0.2) is 84.9 Å². The van der Waals surface area contributed by atoms with Crippen molar-refractivity contribution in [3.05, 3.63) is 107 Å². The number of benzene rings is 3. The molecule has 28 heavy (non-hydrogen) atoms. The molecule has 142 valence electrons.